The van der Waals surface area contributed by atoms with Gasteiger partial charge in [-0.25, -0.2) is 12.8 Å². The van der Waals surface area contributed by atoms with Gasteiger partial charge < -0.3 is 14.7 Å². The largest absolute Gasteiger partial charge is 0.347 e. The fourth-order valence-corrected chi connectivity index (χ4v) is 5.56. The van der Waals surface area contributed by atoms with Crippen molar-refractivity contribution in [3.8, 4) is 0 Å². The second kappa shape index (κ2) is 5.96. The van der Waals surface area contributed by atoms with E-state index in [2.05, 4.69) is 0 Å². The Labute approximate surface area is 145 Å². The third-order valence-corrected chi connectivity index (χ3v) is 6.52. The van der Waals surface area contributed by atoms with Gasteiger partial charge in [0.25, 0.3) is 0 Å². The summed E-state index contributed by atoms with van der Waals surface area (Å²) in [6, 6.07) is 5.20. The minimum atomic E-state index is -3.26. The van der Waals surface area contributed by atoms with Gasteiger partial charge in [-0.2, -0.15) is 0 Å². The van der Waals surface area contributed by atoms with E-state index in [1.165, 1.54) is 11.0 Å². The molecule has 0 spiro atoms. The number of thiocarbonyl (C=S) groups is 1. The van der Waals surface area contributed by atoms with E-state index in [1.807, 2.05) is 0 Å². The lowest BCUT2D eigenvalue weighted by Gasteiger charge is -2.26. The molecule has 2 fully saturated rings. The molecule has 0 unspecified atom stereocenters. The van der Waals surface area contributed by atoms with Gasteiger partial charge in [-0.1, -0.05) is 12.1 Å². The van der Waals surface area contributed by atoms with Crippen molar-refractivity contribution in [3.05, 3.63) is 30.1 Å². The number of amides is 1. The molecule has 2 aliphatic heterocycles. The average molecular weight is 371 g/mol. The van der Waals surface area contributed by atoms with E-state index in [-0.39, 0.29) is 29.6 Å². The molecule has 130 valence electrons. The summed E-state index contributed by atoms with van der Waals surface area (Å²) in [6.45, 7) is -0.0204. The van der Waals surface area contributed by atoms with Crippen molar-refractivity contribution in [1.82, 2.24) is 9.80 Å². The molecule has 2 atom stereocenters. The van der Waals surface area contributed by atoms with Crippen LogP contribution in [-0.4, -0.2) is 73.5 Å². The number of halogens is 1. The molecular formula is C15H18FN3O3S2. The number of benzene rings is 1. The Bertz CT molecular complexity index is 797. The Kier molecular flexibility index (Phi) is 4.25. The first kappa shape index (κ1) is 17.1. The first-order valence-electron chi connectivity index (χ1n) is 7.46. The molecule has 24 heavy (non-hydrogen) atoms. The first-order chi connectivity index (χ1) is 11.2. The number of likely N-dealkylation sites (N-methyl/N-ethyl adjacent to an activating group) is 1. The van der Waals surface area contributed by atoms with Crippen LogP contribution in [0.2, 0.25) is 0 Å². The smallest absolute Gasteiger partial charge is 0.241 e. The zero-order valence-corrected chi connectivity index (χ0v) is 15.0. The van der Waals surface area contributed by atoms with Crippen LogP contribution in [0.15, 0.2) is 24.3 Å². The van der Waals surface area contributed by atoms with Crippen molar-refractivity contribution in [2.75, 3.05) is 37.0 Å². The summed E-state index contributed by atoms with van der Waals surface area (Å²) >= 11 is 5.46. The predicted octanol–water partition coefficient (Wildman–Crippen LogP) is 0.486. The zero-order valence-electron chi connectivity index (χ0n) is 13.3. The van der Waals surface area contributed by atoms with Crippen molar-refractivity contribution in [3.63, 3.8) is 0 Å². The number of anilines is 1. The van der Waals surface area contributed by atoms with E-state index >= 15 is 0 Å². The van der Waals surface area contributed by atoms with Gasteiger partial charge in [0.1, 0.15) is 5.82 Å². The SMILES string of the molecule is CN(C)C(=O)CN1C(=S)N(c2ccccc2F)[C@H]2CS(=O)(=O)C[C@H]21. The molecule has 0 bridgehead atoms. The molecule has 2 aliphatic rings. The molecule has 0 radical (unpaired) electrons. The van der Waals surface area contributed by atoms with E-state index in [0.717, 1.165) is 0 Å². The number of rotatable bonds is 3. The van der Waals surface area contributed by atoms with Crippen LogP contribution in [-0.2, 0) is 14.6 Å². The van der Waals surface area contributed by atoms with Gasteiger partial charge in [0.15, 0.2) is 14.9 Å². The number of nitrogens with zero attached hydrogens (tertiary/aromatic N) is 3. The van der Waals surface area contributed by atoms with Gasteiger partial charge in [-0.05, 0) is 24.4 Å². The predicted molar refractivity (Wildman–Crippen MR) is 93.1 cm³/mol. The van der Waals surface area contributed by atoms with Crippen molar-refractivity contribution in [1.29, 1.82) is 0 Å². The van der Waals surface area contributed by atoms with E-state index in [4.69, 9.17) is 12.2 Å². The Hall–Kier alpha value is -1.74. The monoisotopic (exact) mass is 371 g/mol. The summed E-state index contributed by atoms with van der Waals surface area (Å²) < 4.78 is 38.4. The second-order valence-corrected chi connectivity index (χ2v) is 8.75. The maximum atomic E-state index is 14.2. The van der Waals surface area contributed by atoms with Crippen molar-refractivity contribution in [2.24, 2.45) is 0 Å². The van der Waals surface area contributed by atoms with Crippen LogP contribution in [0.3, 0.4) is 0 Å². The summed E-state index contributed by atoms with van der Waals surface area (Å²) in [5, 5.41) is 0.292. The van der Waals surface area contributed by atoms with Gasteiger partial charge in [-0.3, -0.25) is 4.79 Å². The third kappa shape index (κ3) is 2.86. The summed E-state index contributed by atoms with van der Waals surface area (Å²) in [5.74, 6) is -0.832. The number of hydrogen-bond donors (Lipinski definition) is 0. The van der Waals surface area contributed by atoms with Crippen LogP contribution >= 0.6 is 12.2 Å². The number of carbonyl (C=O) groups is 1. The van der Waals surface area contributed by atoms with Crippen LogP contribution < -0.4 is 4.90 Å². The molecule has 9 heteroatoms. The summed E-state index contributed by atoms with van der Waals surface area (Å²) in [5.41, 5.74) is 0.245. The van der Waals surface area contributed by atoms with Gasteiger partial charge in [-0.15, -0.1) is 0 Å². The molecule has 2 saturated heterocycles. The maximum Gasteiger partial charge on any atom is 0.241 e. The highest BCUT2D eigenvalue weighted by Gasteiger charge is 2.52. The van der Waals surface area contributed by atoms with Crippen molar-refractivity contribution in [2.45, 2.75) is 12.1 Å². The van der Waals surface area contributed by atoms with E-state index in [0.29, 0.717) is 5.11 Å². The quantitative estimate of drug-likeness (QED) is 0.721. The molecule has 1 amide bonds. The topological polar surface area (TPSA) is 60.9 Å². The normalized spacial score (nSPS) is 25.0. The van der Waals surface area contributed by atoms with Crippen LogP contribution in [0.5, 0.6) is 0 Å². The summed E-state index contributed by atoms with van der Waals surface area (Å²) in [6.07, 6.45) is 0. The molecule has 0 aromatic heterocycles. The minimum Gasteiger partial charge on any atom is -0.347 e. The second-order valence-electron chi connectivity index (χ2n) is 6.23. The minimum absolute atomic E-state index is 0.0204. The molecule has 6 nitrogen and oxygen atoms in total. The van der Waals surface area contributed by atoms with Crippen LogP contribution in [0, 0.1) is 5.82 Å². The molecule has 2 heterocycles. The van der Waals surface area contributed by atoms with Crippen LogP contribution in [0.4, 0.5) is 10.1 Å². The molecule has 0 saturated carbocycles. The number of para-hydroxylation sites is 1. The van der Waals surface area contributed by atoms with Gasteiger partial charge >= 0.3 is 0 Å². The van der Waals surface area contributed by atoms with E-state index in [9.17, 15) is 17.6 Å². The summed E-state index contributed by atoms with van der Waals surface area (Å²) in [4.78, 5) is 16.7. The number of hydrogen-bond acceptors (Lipinski definition) is 4. The lowest BCUT2D eigenvalue weighted by atomic mass is 10.1. The third-order valence-electron chi connectivity index (χ3n) is 4.39. The van der Waals surface area contributed by atoms with E-state index < -0.39 is 27.7 Å². The van der Waals surface area contributed by atoms with E-state index in [1.54, 1.807) is 42.1 Å². The van der Waals surface area contributed by atoms with Gasteiger partial charge in [0.05, 0.1) is 35.8 Å². The number of sulfone groups is 1. The number of carbonyl (C=O) groups excluding carboxylic acids is 1. The first-order valence-corrected chi connectivity index (χ1v) is 9.69. The highest BCUT2D eigenvalue weighted by molar-refractivity contribution is 7.91. The Morgan fingerprint density at radius 1 is 1.29 bits per heavy atom. The number of fused-ring (bicyclic) bond motifs is 1. The lowest BCUT2D eigenvalue weighted by molar-refractivity contribution is -0.129. The van der Waals surface area contributed by atoms with Crippen LogP contribution in [0.25, 0.3) is 0 Å². The molecule has 1 aromatic carbocycles. The highest BCUT2D eigenvalue weighted by Crippen LogP contribution is 2.36. The molecule has 1 aromatic rings. The highest BCUT2D eigenvalue weighted by atomic mass is 32.2. The maximum absolute atomic E-state index is 14.2. The summed E-state index contributed by atoms with van der Waals surface area (Å²) in [7, 11) is -0.0140. The van der Waals surface area contributed by atoms with Crippen LogP contribution in [0.1, 0.15) is 0 Å². The average Bonchev–Trinajstić information content (AvgIpc) is 2.92. The fraction of sp³-hybridized carbons (Fsp3) is 0.467. The van der Waals surface area contributed by atoms with Gasteiger partial charge in [0, 0.05) is 14.1 Å². The van der Waals surface area contributed by atoms with Crippen molar-refractivity contribution >= 4 is 38.8 Å². The molecule has 3 rings (SSSR count). The zero-order chi connectivity index (χ0) is 17.6. The van der Waals surface area contributed by atoms with Crippen molar-refractivity contribution < 1.29 is 17.6 Å². The Morgan fingerprint density at radius 2 is 1.92 bits per heavy atom. The lowest BCUT2D eigenvalue weighted by Crippen LogP contribution is -2.44. The Balaban J connectivity index is 2.00. The molecular weight excluding hydrogens is 353 g/mol. The molecule has 0 N–H and O–H groups in total. The van der Waals surface area contributed by atoms with Gasteiger partial charge in [0.2, 0.25) is 5.91 Å². The standard InChI is InChI=1S/C15H18FN3O3S2/c1-17(2)14(20)7-18-12-8-24(21,22)9-13(12)19(15(18)23)11-6-4-3-5-10(11)16/h3-6,12-13H,7-9H2,1-2H3/t12-,13+/m1/s1. The Morgan fingerprint density at radius 3 is 2.54 bits per heavy atom. The fourth-order valence-electron chi connectivity index (χ4n) is 3.18. The molecule has 0 aliphatic carbocycles.